The molecule has 0 bridgehead atoms. The maximum atomic E-state index is 13.6. The molecule has 0 unspecified atom stereocenters. The van der Waals surface area contributed by atoms with Crippen molar-refractivity contribution in [3.05, 3.63) is 105 Å². The van der Waals surface area contributed by atoms with Crippen LogP contribution in [0.2, 0.25) is 5.02 Å². The van der Waals surface area contributed by atoms with Gasteiger partial charge in [-0.15, -0.1) is 0 Å². The van der Waals surface area contributed by atoms with Crippen molar-refractivity contribution < 1.29 is 17.9 Å². The number of hydrazone groups is 1. The molecule has 39 heavy (non-hydrogen) atoms. The topological polar surface area (TPSA) is 93.0 Å². The van der Waals surface area contributed by atoms with Gasteiger partial charge < -0.3 is 9.30 Å². The molecule has 1 amide bonds. The fourth-order valence-corrected chi connectivity index (χ4v) is 6.00. The van der Waals surface area contributed by atoms with Crippen LogP contribution >= 0.6 is 27.5 Å². The molecule has 0 aliphatic heterocycles. The second kappa shape index (κ2) is 12.1. The highest BCUT2D eigenvalue weighted by Gasteiger charge is 2.29. The number of benzene rings is 3. The normalized spacial score (nSPS) is 11.5. The monoisotopic (exact) mass is 628 g/mol. The Labute approximate surface area is 241 Å². The molecule has 0 aliphatic carbocycles. The number of aryl methyl sites for hydroxylation is 1. The first kappa shape index (κ1) is 28.4. The van der Waals surface area contributed by atoms with Crippen molar-refractivity contribution in [3.63, 3.8) is 0 Å². The number of amides is 1. The second-order valence-electron chi connectivity index (χ2n) is 8.57. The number of carbonyl (C=O) groups excluding carboxylic acids is 1. The Kier molecular flexibility index (Phi) is 8.79. The molecule has 0 saturated carbocycles. The van der Waals surface area contributed by atoms with E-state index >= 15 is 0 Å². The molecule has 4 rings (SSSR count). The van der Waals surface area contributed by atoms with Gasteiger partial charge in [-0.1, -0.05) is 45.7 Å². The van der Waals surface area contributed by atoms with Crippen LogP contribution in [0.15, 0.2) is 93.3 Å². The second-order valence-corrected chi connectivity index (χ2v) is 11.8. The lowest BCUT2D eigenvalue weighted by Gasteiger charge is -2.25. The number of nitrogens with zero attached hydrogens (tertiary/aromatic N) is 3. The van der Waals surface area contributed by atoms with Crippen molar-refractivity contribution in [1.82, 2.24) is 9.99 Å². The molecular weight excluding hydrogens is 604 g/mol. The lowest BCUT2D eigenvalue weighted by Crippen LogP contribution is -2.39. The summed E-state index contributed by atoms with van der Waals surface area (Å²) in [5.41, 5.74) is 6.31. The maximum Gasteiger partial charge on any atom is 0.264 e. The van der Waals surface area contributed by atoms with E-state index in [2.05, 4.69) is 31.0 Å². The van der Waals surface area contributed by atoms with Gasteiger partial charge in [0, 0.05) is 32.1 Å². The third-order valence-corrected chi connectivity index (χ3v) is 8.51. The van der Waals surface area contributed by atoms with Crippen LogP contribution in [0.1, 0.15) is 17.0 Å². The minimum atomic E-state index is -4.14. The number of ether oxygens (including phenoxy) is 1. The van der Waals surface area contributed by atoms with Gasteiger partial charge >= 0.3 is 0 Å². The Balaban J connectivity index is 1.59. The predicted molar refractivity (Wildman–Crippen MR) is 158 cm³/mol. The average molecular weight is 630 g/mol. The molecule has 0 radical (unpaired) electrons. The first-order valence-electron chi connectivity index (χ1n) is 11.8. The molecule has 0 aliphatic rings. The molecule has 202 valence electrons. The van der Waals surface area contributed by atoms with Crippen molar-refractivity contribution in [2.75, 3.05) is 18.0 Å². The maximum absolute atomic E-state index is 13.6. The molecule has 0 atom stereocenters. The van der Waals surface area contributed by atoms with Crippen molar-refractivity contribution in [2.24, 2.45) is 5.10 Å². The van der Waals surface area contributed by atoms with E-state index in [1.54, 1.807) is 30.3 Å². The van der Waals surface area contributed by atoms with E-state index in [1.165, 1.54) is 31.5 Å². The molecule has 1 heterocycles. The van der Waals surface area contributed by atoms with Gasteiger partial charge in [-0.05, 0) is 74.5 Å². The zero-order chi connectivity index (χ0) is 28.2. The fourth-order valence-electron chi connectivity index (χ4n) is 4.12. The number of halogens is 2. The molecule has 8 nitrogen and oxygen atoms in total. The number of anilines is 1. The Bertz CT molecular complexity index is 1620. The highest BCUT2D eigenvalue weighted by Crippen LogP contribution is 2.34. The van der Waals surface area contributed by atoms with Gasteiger partial charge in [0.05, 0.1) is 23.9 Å². The van der Waals surface area contributed by atoms with E-state index in [0.717, 1.165) is 31.4 Å². The van der Waals surface area contributed by atoms with Gasteiger partial charge in [0.1, 0.15) is 12.3 Å². The van der Waals surface area contributed by atoms with Crippen LogP contribution in [-0.2, 0) is 14.8 Å². The molecular formula is C28H26BrClN4O4S. The minimum Gasteiger partial charge on any atom is -0.495 e. The number of hydrogen-bond acceptors (Lipinski definition) is 5. The van der Waals surface area contributed by atoms with E-state index in [-0.39, 0.29) is 16.3 Å². The summed E-state index contributed by atoms with van der Waals surface area (Å²) < 4.78 is 36.6. The summed E-state index contributed by atoms with van der Waals surface area (Å²) in [4.78, 5) is 13.0. The quantitative estimate of drug-likeness (QED) is 0.185. The Morgan fingerprint density at radius 3 is 2.44 bits per heavy atom. The largest absolute Gasteiger partial charge is 0.495 e. The molecule has 3 aromatic carbocycles. The van der Waals surface area contributed by atoms with Gasteiger partial charge in [-0.2, -0.15) is 5.10 Å². The van der Waals surface area contributed by atoms with Crippen LogP contribution in [0.4, 0.5) is 5.69 Å². The number of sulfonamides is 1. The summed E-state index contributed by atoms with van der Waals surface area (Å²) in [5, 5.41) is 4.39. The molecule has 0 fully saturated rings. The summed E-state index contributed by atoms with van der Waals surface area (Å²) in [6.07, 6.45) is 1.53. The van der Waals surface area contributed by atoms with Crippen LogP contribution in [-0.4, -0.2) is 38.8 Å². The minimum absolute atomic E-state index is 0.0173. The van der Waals surface area contributed by atoms with E-state index in [4.69, 9.17) is 16.3 Å². The summed E-state index contributed by atoms with van der Waals surface area (Å²) in [7, 11) is -2.73. The number of rotatable bonds is 9. The fraction of sp³-hybridized carbons (Fsp3) is 0.143. The summed E-state index contributed by atoms with van der Waals surface area (Å²) in [6, 6.07) is 22.3. The summed E-state index contributed by atoms with van der Waals surface area (Å²) in [5.74, 6) is -0.398. The number of nitrogens with one attached hydrogen (secondary N) is 1. The Morgan fingerprint density at radius 1 is 1.08 bits per heavy atom. The molecule has 0 saturated heterocycles. The first-order valence-corrected chi connectivity index (χ1v) is 14.4. The molecule has 4 aromatic rings. The van der Waals surface area contributed by atoms with Crippen molar-refractivity contribution >= 4 is 55.4 Å². The molecule has 11 heteroatoms. The zero-order valence-electron chi connectivity index (χ0n) is 21.4. The predicted octanol–water partition coefficient (Wildman–Crippen LogP) is 5.86. The third-order valence-electron chi connectivity index (χ3n) is 5.98. The van der Waals surface area contributed by atoms with Crippen molar-refractivity contribution in [2.45, 2.75) is 18.7 Å². The van der Waals surface area contributed by atoms with E-state index in [9.17, 15) is 13.2 Å². The number of hydrogen-bond donors (Lipinski definition) is 1. The number of carbonyl (C=O) groups is 1. The average Bonchev–Trinajstić information content (AvgIpc) is 3.20. The Hall–Kier alpha value is -3.60. The van der Waals surface area contributed by atoms with Gasteiger partial charge in [0.25, 0.3) is 15.9 Å². The number of methoxy groups -OCH3 is 1. The van der Waals surface area contributed by atoms with Crippen LogP contribution in [0.3, 0.4) is 0 Å². The van der Waals surface area contributed by atoms with Crippen LogP contribution in [0, 0.1) is 13.8 Å². The smallest absolute Gasteiger partial charge is 0.264 e. The first-order chi connectivity index (χ1) is 18.6. The Morgan fingerprint density at radius 2 is 1.77 bits per heavy atom. The van der Waals surface area contributed by atoms with Gasteiger partial charge in [0.2, 0.25) is 0 Å². The highest BCUT2D eigenvalue weighted by molar-refractivity contribution is 9.10. The summed E-state index contributed by atoms with van der Waals surface area (Å²) >= 11 is 9.63. The number of aromatic nitrogens is 1. The van der Waals surface area contributed by atoms with Crippen LogP contribution < -0.4 is 14.5 Å². The van der Waals surface area contributed by atoms with Crippen molar-refractivity contribution in [1.29, 1.82) is 0 Å². The summed E-state index contributed by atoms with van der Waals surface area (Å²) in [6.45, 7) is 3.39. The van der Waals surface area contributed by atoms with E-state index < -0.39 is 22.5 Å². The lowest BCUT2D eigenvalue weighted by molar-refractivity contribution is -0.119. The van der Waals surface area contributed by atoms with Gasteiger partial charge in [-0.25, -0.2) is 13.8 Å². The van der Waals surface area contributed by atoms with Crippen LogP contribution in [0.5, 0.6) is 5.75 Å². The van der Waals surface area contributed by atoms with Crippen molar-refractivity contribution in [3.8, 4) is 11.4 Å². The zero-order valence-corrected chi connectivity index (χ0v) is 24.6. The van der Waals surface area contributed by atoms with Gasteiger partial charge in [-0.3, -0.25) is 9.10 Å². The van der Waals surface area contributed by atoms with E-state index in [0.29, 0.717) is 5.02 Å². The standard InChI is InChI=1S/C28H26BrClN4O4S/c1-19-15-21(20(2)34(19)24-12-9-22(29)10-13-24)17-31-32-28(35)18-33(26-16-23(30)11-14-27(26)38-3)39(36,37)25-7-5-4-6-8-25/h4-17H,18H2,1-3H3,(H,32,35)/b31-17-. The molecule has 1 aromatic heterocycles. The lowest BCUT2D eigenvalue weighted by atomic mass is 10.2. The molecule has 1 N–H and O–H groups in total. The molecule has 0 spiro atoms. The highest BCUT2D eigenvalue weighted by atomic mass is 79.9. The SMILES string of the molecule is COc1ccc(Cl)cc1N(CC(=O)N/N=C\c1cc(C)n(-c2ccc(Br)cc2)c1C)S(=O)(=O)c1ccccc1. The van der Waals surface area contributed by atoms with Crippen LogP contribution in [0.25, 0.3) is 5.69 Å². The van der Waals surface area contributed by atoms with Gasteiger partial charge in [0.15, 0.2) is 0 Å². The third kappa shape index (κ3) is 6.35. The van der Waals surface area contributed by atoms with E-state index in [1.807, 2.05) is 44.2 Å².